The van der Waals surface area contributed by atoms with Gasteiger partial charge in [0.2, 0.25) is 5.91 Å². The lowest BCUT2D eigenvalue weighted by Crippen LogP contribution is -2.48. The predicted octanol–water partition coefficient (Wildman–Crippen LogP) is 5.21. The van der Waals surface area contributed by atoms with Crippen molar-refractivity contribution in [2.75, 3.05) is 20.2 Å². The summed E-state index contributed by atoms with van der Waals surface area (Å²) in [5.74, 6) is 3.59. The number of hydrogen-bond donors (Lipinski definition) is 2. The van der Waals surface area contributed by atoms with Crippen LogP contribution in [0.4, 0.5) is 0 Å². The molecule has 4 unspecified atom stereocenters. The molecule has 2 saturated carbocycles. The molecule has 4 rings (SSSR count). The lowest BCUT2D eigenvalue weighted by atomic mass is 9.55. The van der Waals surface area contributed by atoms with E-state index in [0.29, 0.717) is 11.5 Å². The van der Waals surface area contributed by atoms with E-state index in [9.17, 15) is 4.79 Å². The molecule has 4 nitrogen and oxygen atoms in total. The van der Waals surface area contributed by atoms with Crippen LogP contribution in [0.1, 0.15) is 88.7 Å². The Morgan fingerprint density at radius 2 is 1.90 bits per heavy atom. The molecule has 31 heavy (non-hydrogen) atoms. The number of nitrogens with one attached hydrogen (secondary N) is 2. The molecular weight excluding hydrogens is 384 g/mol. The van der Waals surface area contributed by atoms with Crippen LogP contribution in [0.5, 0.6) is 5.75 Å². The van der Waals surface area contributed by atoms with Crippen molar-refractivity contribution in [1.29, 1.82) is 0 Å². The van der Waals surface area contributed by atoms with Gasteiger partial charge in [-0.05, 0) is 104 Å². The Morgan fingerprint density at radius 1 is 1.10 bits per heavy atom. The van der Waals surface area contributed by atoms with E-state index >= 15 is 0 Å². The Bertz CT molecular complexity index is 764. The van der Waals surface area contributed by atoms with Crippen molar-refractivity contribution in [1.82, 2.24) is 10.6 Å². The summed E-state index contributed by atoms with van der Waals surface area (Å²) in [5, 5.41) is 6.87. The van der Waals surface area contributed by atoms with E-state index in [1.807, 2.05) is 0 Å². The molecule has 0 saturated heterocycles. The molecule has 0 spiro atoms. The number of rotatable bonds is 9. The summed E-state index contributed by atoms with van der Waals surface area (Å²) >= 11 is 0. The molecule has 0 radical (unpaired) electrons. The zero-order chi connectivity index (χ0) is 21.8. The van der Waals surface area contributed by atoms with Crippen molar-refractivity contribution < 1.29 is 9.53 Å². The fraction of sp³-hybridized carbons (Fsp3) is 0.741. The Kier molecular flexibility index (Phi) is 7.26. The summed E-state index contributed by atoms with van der Waals surface area (Å²) < 4.78 is 5.47. The molecule has 0 heterocycles. The van der Waals surface area contributed by atoms with E-state index in [1.54, 1.807) is 19.6 Å². The average molecular weight is 427 g/mol. The van der Waals surface area contributed by atoms with Gasteiger partial charge in [0.15, 0.2) is 0 Å². The van der Waals surface area contributed by atoms with Gasteiger partial charge in [-0.1, -0.05) is 25.8 Å². The fourth-order valence-corrected chi connectivity index (χ4v) is 7.17. The largest absolute Gasteiger partial charge is 0.497 e. The van der Waals surface area contributed by atoms with E-state index in [1.165, 1.54) is 63.4 Å². The molecule has 3 aliphatic rings. The lowest BCUT2D eigenvalue weighted by molar-refractivity contribution is -0.118. The minimum absolute atomic E-state index is 0.0848. The number of ether oxygens (including phenoxy) is 1. The number of carbonyl (C=O) groups is 1. The van der Waals surface area contributed by atoms with Crippen LogP contribution in [0.25, 0.3) is 0 Å². The van der Waals surface area contributed by atoms with E-state index in [4.69, 9.17) is 4.74 Å². The minimum atomic E-state index is 0.0848. The van der Waals surface area contributed by atoms with Crippen LogP contribution in [-0.2, 0) is 11.2 Å². The molecule has 3 aliphatic carbocycles. The van der Waals surface area contributed by atoms with Gasteiger partial charge in [-0.3, -0.25) is 4.79 Å². The van der Waals surface area contributed by atoms with Crippen LogP contribution in [0.15, 0.2) is 18.2 Å². The third kappa shape index (κ3) is 4.79. The number of fused-ring (bicyclic) bond motifs is 5. The van der Waals surface area contributed by atoms with E-state index < -0.39 is 0 Å². The normalized spacial score (nSPS) is 31.5. The summed E-state index contributed by atoms with van der Waals surface area (Å²) in [6.07, 6.45) is 12.8. The van der Waals surface area contributed by atoms with Gasteiger partial charge in [0, 0.05) is 19.5 Å². The fourth-order valence-electron chi connectivity index (χ4n) is 7.17. The SMILES string of the molecule is COc1ccc2c(c1)CCC1C2CC[C@]2(C)C(NCCCCCCNC(C)=O)CCC12. The minimum Gasteiger partial charge on any atom is -0.497 e. The van der Waals surface area contributed by atoms with Gasteiger partial charge in [0.1, 0.15) is 5.75 Å². The number of hydrogen-bond acceptors (Lipinski definition) is 3. The molecular formula is C27H42N2O2. The second-order valence-corrected chi connectivity index (χ2v) is 10.5. The quantitative estimate of drug-likeness (QED) is 0.533. The molecule has 4 heteroatoms. The number of aryl methyl sites for hydroxylation is 1. The first-order chi connectivity index (χ1) is 15.0. The molecule has 1 aromatic carbocycles. The summed E-state index contributed by atoms with van der Waals surface area (Å²) in [6, 6.07) is 7.51. The summed E-state index contributed by atoms with van der Waals surface area (Å²) in [5.41, 5.74) is 3.63. The highest BCUT2D eigenvalue weighted by Crippen LogP contribution is 2.60. The zero-order valence-electron chi connectivity index (χ0n) is 19.8. The molecule has 5 atom stereocenters. The maximum absolute atomic E-state index is 10.9. The van der Waals surface area contributed by atoms with Gasteiger partial charge in [-0.25, -0.2) is 0 Å². The summed E-state index contributed by atoms with van der Waals surface area (Å²) in [6.45, 7) is 6.15. The molecule has 2 fully saturated rings. The second kappa shape index (κ2) is 9.94. The molecule has 0 aliphatic heterocycles. The molecule has 0 bridgehead atoms. The van der Waals surface area contributed by atoms with Crippen LogP contribution in [0, 0.1) is 17.3 Å². The topological polar surface area (TPSA) is 50.4 Å². The number of unbranched alkanes of at least 4 members (excludes halogenated alkanes) is 3. The van der Waals surface area contributed by atoms with E-state index in [2.05, 4.69) is 35.8 Å². The highest BCUT2D eigenvalue weighted by Gasteiger charge is 2.54. The highest BCUT2D eigenvalue weighted by molar-refractivity contribution is 5.72. The van der Waals surface area contributed by atoms with Crippen LogP contribution < -0.4 is 15.4 Å². The van der Waals surface area contributed by atoms with Gasteiger partial charge in [-0.15, -0.1) is 0 Å². The number of methoxy groups -OCH3 is 1. The van der Waals surface area contributed by atoms with Gasteiger partial charge < -0.3 is 15.4 Å². The number of amides is 1. The van der Waals surface area contributed by atoms with Crippen LogP contribution in [0.2, 0.25) is 0 Å². The predicted molar refractivity (Wildman–Crippen MR) is 127 cm³/mol. The standard InChI is InChI=1S/C27H42N2O2/c1-19(30)28-16-6-4-5-7-17-29-26-13-12-25-24-10-8-20-18-21(31-3)9-11-22(20)23(24)14-15-27(25,26)2/h9,11,18,23-26,29H,4-8,10,12-17H2,1-3H3,(H,28,30)/t23?,24?,25?,26?,27-/m0/s1. The molecule has 2 N–H and O–H groups in total. The van der Waals surface area contributed by atoms with Gasteiger partial charge in [0.25, 0.3) is 0 Å². The van der Waals surface area contributed by atoms with Crippen molar-refractivity contribution in [3.63, 3.8) is 0 Å². The van der Waals surface area contributed by atoms with Crippen LogP contribution >= 0.6 is 0 Å². The first kappa shape index (κ1) is 22.6. The molecule has 1 amide bonds. The van der Waals surface area contributed by atoms with Crippen molar-refractivity contribution in [3.05, 3.63) is 29.3 Å². The maximum Gasteiger partial charge on any atom is 0.216 e. The zero-order valence-corrected chi connectivity index (χ0v) is 19.8. The molecule has 0 aromatic heterocycles. The van der Waals surface area contributed by atoms with E-state index in [0.717, 1.165) is 43.0 Å². The van der Waals surface area contributed by atoms with Crippen LogP contribution in [-0.4, -0.2) is 32.1 Å². The first-order valence-corrected chi connectivity index (χ1v) is 12.7. The Balaban J connectivity index is 1.28. The van der Waals surface area contributed by atoms with Gasteiger partial charge >= 0.3 is 0 Å². The van der Waals surface area contributed by atoms with Gasteiger partial charge in [0.05, 0.1) is 7.11 Å². The first-order valence-electron chi connectivity index (χ1n) is 12.7. The second-order valence-electron chi connectivity index (χ2n) is 10.5. The summed E-state index contributed by atoms with van der Waals surface area (Å²) in [4.78, 5) is 10.9. The smallest absolute Gasteiger partial charge is 0.216 e. The Labute approximate surface area is 188 Å². The lowest BCUT2D eigenvalue weighted by Gasteiger charge is -2.51. The number of carbonyl (C=O) groups excluding carboxylic acids is 1. The third-order valence-electron chi connectivity index (χ3n) is 8.80. The monoisotopic (exact) mass is 426 g/mol. The maximum atomic E-state index is 10.9. The van der Waals surface area contributed by atoms with Gasteiger partial charge in [-0.2, -0.15) is 0 Å². The molecule has 1 aromatic rings. The van der Waals surface area contributed by atoms with Crippen molar-refractivity contribution in [2.45, 2.75) is 90.0 Å². The number of benzene rings is 1. The average Bonchev–Trinajstić information content (AvgIpc) is 3.11. The van der Waals surface area contributed by atoms with Crippen molar-refractivity contribution in [3.8, 4) is 5.75 Å². The highest BCUT2D eigenvalue weighted by atomic mass is 16.5. The summed E-state index contributed by atoms with van der Waals surface area (Å²) in [7, 11) is 1.77. The van der Waals surface area contributed by atoms with Crippen molar-refractivity contribution >= 4 is 5.91 Å². The third-order valence-corrected chi connectivity index (χ3v) is 8.80. The Hall–Kier alpha value is -1.55. The Morgan fingerprint density at radius 3 is 2.68 bits per heavy atom. The van der Waals surface area contributed by atoms with Crippen molar-refractivity contribution in [2.24, 2.45) is 17.3 Å². The van der Waals surface area contributed by atoms with Crippen LogP contribution in [0.3, 0.4) is 0 Å². The molecule has 172 valence electrons. The van der Waals surface area contributed by atoms with E-state index in [-0.39, 0.29) is 5.91 Å².